The number of amides is 1. The van der Waals surface area contributed by atoms with Gasteiger partial charge in [0.1, 0.15) is 15.3 Å². The maximum atomic E-state index is 13.4. The number of hydrogen-bond acceptors (Lipinski definition) is 8. The molecule has 1 fully saturated rings. The van der Waals surface area contributed by atoms with Crippen LogP contribution in [0.15, 0.2) is 51.1 Å². The number of carbonyl (C=O) groups excluding carboxylic acids is 1. The number of rotatable bonds is 7. The second kappa shape index (κ2) is 8.81. The van der Waals surface area contributed by atoms with E-state index >= 15 is 0 Å². The van der Waals surface area contributed by atoms with Crippen molar-refractivity contribution in [2.75, 3.05) is 12.4 Å². The lowest BCUT2D eigenvalue weighted by Crippen LogP contribution is -2.29. The van der Waals surface area contributed by atoms with Gasteiger partial charge in [0.05, 0.1) is 36.7 Å². The Bertz CT molecular complexity index is 1280. The van der Waals surface area contributed by atoms with Crippen LogP contribution in [0, 0.1) is 0 Å². The molecule has 4 aromatic rings. The zero-order valence-corrected chi connectivity index (χ0v) is 18.2. The van der Waals surface area contributed by atoms with E-state index in [1.54, 1.807) is 29.2 Å². The van der Waals surface area contributed by atoms with Gasteiger partial charge < -0.3 is 14.5 Å². The summed E-state index contributed by atoms with van der Waals surface area (Å²) in [6.45, 7) is 1.46. The molecule has 0 bridgehead atoms. The molecule has 0 unspecified atom stereocenters. The molecule has 8 nitrogen and oxygen atoms in total. The molecule has 4 aromatic heterocycles. The Labute approximate surface area is 185 Å². The van der Waals surface area contributed by atoms with E-state index in [1.807, 2.05) is 12.1 Å². The molecule has 0 radical (unpaired) electrons. The zero-order valence-electron chi connectivity index (χ0n) is 16.6. The lowest BCUT2D eigenvalue weighted by atomic mass is 10.2. The summed E-state index contributed by atoms with van der Waals surface area (Å²) in [6, 6.07) is 7.34. The fraction of sp³-hybridized carbons (Fsp3) is 0.333. The van der Waals surface area contributed by atoms with Gasteiger partial charge in [0.25, 0.3) is 5.56 Å². The third kappa shape index (κ3) is 4.23. The largest absolute Gasteiger partial charge is 0.467 e. The molecule has 1 aliphatic heterocycles. The topological polar surface area (TPSA) is 99.2 Å². The standard InChI is InChI=1S/C21H20N4O4S2/c26-16(23-10-13-4-2-8-28-13)12-30-21-24-17-15-6-1-7-22-19(15)31-18(17)20(27)25(21)11-14-5-3-9-29-14/h1-2,4,6-8,14H,3,5,9-12H2,(H,23,26)/t14-/m0/s1. The van der Waals surface area contributed by atoms with Crippen LogP contribution in [0.25, 0.3) is 20.4 Å². The number of thioether (sulfide) groups is 1. The molecule has 1 aliphatic rings. The van der Waals surface area contributed by atoms with Crippen LogP contribution >= 0.6 is 23.1 Å². The molecule has 31 heavy (non-hydrogen) atoms. The van der Waals surface area contributed by atoms with Crippen LogP contribution in [-0.4, -0.2) is 38.9 Å². The van der Waals surface area contributed by atoms with Gasteiger partial charge in [-0.25, -0.2) is 9.97 Å². The summed E-state index contributed by atoms with van der Waals surface area (Å²) in [7, 11) is 0. The first-order valence-corrected chi connectivity index (χ1v) is 11.8. The van der Waals surface area contributed by atoms with Crippen molar-refractivity contribution in [3.8, 4) is 0 Å². The lowest BCUT2D eigenvalue weighted by molar-refractivity contribution is -0.118. The quantitative estimate of drug-likeness (QED) is 0.337. The Morgan fingerprint density at radius 2 is 2.29 bits per heavy atom. The number of furan rings is 1. The van der Waals surface area contributed by atoms with Gasteiger partial charge in [-0.05, 0) is 37.1 Å². The number of aromatic nitrogens is 3. The Hall–Kier alpha value is -2.69. The molecule has 1 saturated heterocycles. The highest BCUT2D eigenvalue weighted by Crippen LogP contribution is 2.30. The SMILES string of the molecule is O=C(CSc1nc2c(sc3ncccc32)c(=O)n1C[C@@H]1CCCO1)NCc1ccco1. The molecule has 0 spiro atoms. The van der Waals surface area contributed by atoms with Crippen molar-refractivity contribution < 1.29 is 13.9 Å². The summed E-state index contributed by atoms with van der Waals surface area (Å²) >= 11 is 2.61. The monoisotopic (exact) mass is 456 g/mol. The van der Waals surface area contributed by atoms with E-state index in [0.717, 1.165) is 23.1 Å². The first-order valence-electron chi connectivity index (χ1n) is 10.0. The van der Waals surface area contributed by atoms with Crippen molar-refractivity contribution >= 4 is 49.4 Å². The molecule has 1 atom stereocenters. The van der Waals surface area contributed by atoms with Gasteiger partial charge in [-0.2, -0.15) is 0 Å². The van der Waals surface area contributed by atoms with Gasteiger partial charge in [0.2, 0.25) is 5.91 Å². The number of hydrogen-bond donors (Lipinski definition) is 1. The summed E-state index contributed by atoms with van der Waals surface area (Å²) in [5.41, 5.74) is 0.530. The van der Waals surface area contributed by atoms with Gasteiger partial charge in [-0.1, -0.05) is 11.8 Å². The molecule has 1 amide bonds. The Balaban J connectivity index is 1.44. The van der Waals surface area contributed by atoms with E-state index in [-0.39, 0.29) is 23.3 Å². The van der Waals surface area contributed by atoms with E-state index in [9.17, 15) is 9.59 Å². The van der Waals surface area contributed by atoms with Crippen LogP contribution in [-0.2, 0) is 22.6 Å². The number of pyridine rings is 1. The van der Waals surface area contributed by atoms with Crippen LogP contribution in [0.5, 0.6) is 0 Å². The van der Waals surface area contributed by atoms with Gasteiger partial charge in [-0.3, -0.25) is 14.2 Å². The predicted octanol–water partition coefficient (Wildman–Crippen LogP) is 3.19. The number of ether oxygens (including phenoxy) is 1. The van der Waals surface area contributed by atoms with Gasteiger partial charge in [0, 0.05) is 18.2 Å². The fourth-order valence-corrected chi connectivity index (χ4v) is 5.45. The third-order valence-corrected chi connectivity index (χ3v) is 7.17. The number of nitrogens with one attached hydrogen (secondary N) is 1. The summed E-state index contributed by atoms with van der Waals surface area (Å²) in [5.74, 6) is 0.673. The highest BCUT2D eigenvalue weighted by atomic mass is 32.2. The van der Waals surface area contributed by atoms with Crippen molar-refractivity contribution in [3.63, 3.8) is 0 Å². The van der Waals surface area contributed by atoms with Crippen molar-refractivity contribution in [3.05, 3.63) is 52.8 Å². The Morgan fingerprint density at radius 3 is 3.10 bits per heavy atom. The molecule has 0 aliphatic carbocycles. The molecule has 160 valence electrons. The number of carbonyl (C=O) groups is 1. The summed E-state index contributed by atoms with van der Waals surface area (Å²) in [5, 5.41) is 4.20. The minimum Gasteiger partial charge on any atom is -0.467 e. The molecule has 0 aromatic carbocycles. The van der Waals surface area contributed by atoms with Crippen molar-refractivity contribution in [1.29, 1.82) is 0 Å². The normalized spacial score (nSPS) is 16.3. The van der Waals surface area contributed by atoms with Crippen LogP contribution in [0.3, 0.4) is 0 Å². The highest BCUT2D eigenvalue weighted by Gasteiger charge is 2.22. The van der Waals surface area contributed by atoms with Gasteiger partial charge >= 0.3 is 0 Å². The maximum absolute atomic E-state index is 13.4. The second-order valence-electron chi connectivity index (χ2n) is 7.23. The first-order chi connectivity index (χ1) is 15.2. The molecule has 10 heteroatoms. The average Bonchev–Trinajstić information content (AvgIpc) is 3.54. The third-order valence-electron chi connectivity index (χ3n) is 5.10. The molecule has 5 rings (SSSR count). The van der Waals surface area contributed by atoms with Crippen LogP contribution in [0.2, 0.25) is 0 Å². The highest BCUT2D eigenvalue weighted by molar-refractivity contribution is 7.99. The van der Waals surface area contributed by atoms with Crippen LogP contribution in [0.1, 0.15) is 18.6 Å². The summed E-state index contributed by atoms with van der Waals surface area (Å²) in [6.07, 6.45) is 5.16. The first kappa shape index (κ1) is 20.2. The van der Waals surface area contributed by atoms with E-state index in [2.05, 4.69) is 10.3 Å². The number of fused-ring (bicyclic) bond motifs is 3. The van der Waals surface area contributed by atoms with E-state index in [4.69, 9.17) is 14.1 Å². The Morgan fingerprint density at radius 1 is 1.35 bits per heavy atom. The maximum Gasteiger partial charge on any atom is 0.272 e. The molecular formula is C21H20N4O4S2. The predicted molar refractivity (Wildman–Crippen MR) is 119 cm³/mol. The van der Waals surface area contributed by atoms with E-state index in [0.29, 0.717) is 40.8 Å². The number of thiophene rings is 1. The molecule has 0 saturated carbocycles. The average molecular weight is 457 g/mol. The zero-order chi connectivity index (χ0) is 21.2. The van der Waals surface area contributed by atoms with E-state index < -0.39 is 0 Å². The van der Waals surface area contributed by atoms with Gasteiger partial charge in [-0.15, -0.1) is 11.3 Å². The van der Waals surface area contributed by atoms with Crippen molar-refractivity contribution in [1.82, 2.24) is 19.9 Å². The lowest BCUT2D eigenvalue weighted by Gasteiger charge is -2.15. The minimum atomic E-state index is -0.156. The minimum absolute atomic E-state index is 0.0171. The molecule has 1 N–H and O–H groups in total. The van der Waals surface area contributed by atoms with Crippen molar-refractivity contribution in [2.45, 2.75) is 37.2 Å². The summed E-state index contributed by atoms with van der Waals surface area (Å²) in [4.78, 5) is 35.7. The smallest absolute Gasteiger partial charge is 0.272 e. The van der Waals surface area contributed by atoms with Crippen molar-refractivity contribution in [2.24, 2.45) is 0 Å². The number of nitrogens with zero attached hydrogens (tertiary/aromatic N) is 3. The van der Waals surface area contributed by atoms with Gasteiger partial charge in [0.15, 0.2) is 5.16 Å². The van der Waals surface area contributed by atoms with Crippen LogP contribution in [0.4, 0.5) is 0 Å². The fourth-order valence-electron chi connectivity index (χ4n) is 3.58. The molecular weight excluding hydrogens is 436 g/mol. The van der Waals surface area contributed by atoms with Crippen LogP contribution < -0.4 is 10.9 Å². The molecule has 5 heterocycles. The van der Waals surface area contributed by atoms with E-state index in [1.165, 1.54) is 23.1 Å². The summed E-state index contributed by atoms with van der Waals surface area (Å²) < 4.78 is 13.2. The Kier molecular flexibility index (Phi) is 5.75. The second-order valence-corrected chi connectivity index (χ2v) is 9.17.